The molecule has 0 atom stereocenters. The van der Waals surface area contributed by atoms with Gasteiger partial charge in [-0.05, 0) is 36.2 Å². The third-order valence-corrected chi connectivity index (χ3v) is 5.21. The number of carboxylic acid groups (broad SMARTS) is 2. The first-order valence-corrected chi connectivity index (χ1v) is 9.43. The van der Waals surface area contributed by atoms with Crippen molar-refractivity contribution in [2.24, 2.45) is 0 Å². The van der Waals surface area contributed by atoms with Crippen molar-refractivity contribution in [3.63, 3.8) is 0 Å². The Bertz CT molecular complexity index is 1400. The van der Waals surface area contributed by atoms with Crippen molar-refractivity contribution in [1.29, 1.82) is 0 Å². The Morgan fingerprint density at radius 2 is 1.68 bits per heavy atom. The number of H-pyrrole nitrogens is 1. The number of nitrogens with two attached hydrogens (primary N) is 1. The number of pyridine rings is 1. The minimum atomic E-state index is -1.53. The van der Waals surface area contributed by atoms with Crippen molar-refractivity contribution < 1.29 is 19.8 Å². The summed E-state index contributed by atoms with van der Waals surface area (Å²) >= 11 is 0. The van der Waals surface area contributed by atoms with Crippen molar-refractivity contribution >= 4 is 28.7 Å². The number of nitrogen functional groups attached to an aromatic ring is 1. The number of carbonyl (C=O) groups is 2. The fourth-order valence-electron chi connectivity index (χ4n) is 3.72. The average molecular weight is 417 g/mol. The first-order valence-electron chi connectivity index (χ1n) is 9.43. The number of benzene rings is 2. The van der Waals surface area contributed by atoms with E-state index in [9.17, 15) is 24.6 Å². The number of hydrogen-bond acceptors (Lipinski definition) is 4. The van der Waals surface area contributed by atoms with E-state index in [0.29, 0.717) is 6.54 Å². The molecule has 0 aliphatic heterocycles. The molecule has 0 aliphatic carbocycles. The number of nitrogens with one attached hydrogen (secondary N) is 1. The molecule has 4 rings (SSSR count). The molecule has 156 valence electrons. The number of anilines is 1. The molecular formula is C23H19N3O5. The smallest absolute Gasteiger partial charge is 0.342 e. The molecule has 2 aromatic heterocycles. The van der Waals surface area contributed by atoms with Crippen LogP contribution in [0, 0.1) is 6.92 Å². The Kier molecular flexibility index (Phi) is 4.82. The summed E-state index contributed by atoms with van der Waals surface area (Å²) in [5, 5.41) is 19.9. The molecule has 4 aromatic rings. The monoisotopic (exact) mass is 417 g/mol. The van der Waals surface area contributed by atoms with Gasteiger partial charge in [-0.25, -0.2) is 9.59 Å². The number of carboxylic acids is 2. The SMILES string of the molecule is Cc1ccc(Cn2ccc3cc(-c4c(C(=O)O)c(N)[nH]c(=O)c4C(=O)O)ccc32)cc1. The summed E-state index contributed by atoms with van der Waals surface area (Å²) in [5.41, 5.74) is 6.89. The van der Waals surface area contributed by atoms with Gasteiger partial charge >= 0.3 is 11.9 Å². The molecule has 0 saturated heterocycles. The molecule has 0 spiro atoms. The van der Waals surface area contributed by atoms with Crippen molar-refractivity contribution in [3.05, 3.63) is 87.3 Å². The van der Waals surface area contributed by atoms with Crippen molar-refractivity contribution in [3.8, 4) is 11.1 Å². The van der Waals surface area contributed by atoms with Gasteiger partial charge in [0.1, 0.15) is 16.9 Å². The molecule has 8 heteroatoms. The van der Waals surface area contributed by atoms with Crippen LogP contribution in [0.15, 0.2) is 59.5 Å². The van der Waals surface area contributed by atoms with Crippen LogP contribution in [0.25, 0.3) is 22.0 Å². The molecule has 0 bridgehead atoms. The number of fused-ring (bicyclic) bond motifs is 1. The van der Waals surface area contributed by atoms with Gasteiger partial charge in [-0.1, -0.05) is 35.9 Å². The molecule has 0 amide bonds. The lowest BCUT2D eigenvalue weighted by molar-refractivity contribution is 0.0695. The zero-order valence-corrected chi connectivity index (χ0v) is 16.5. The summed E-state index contributed by atoms with van der Waals surface area (Å²) in [7, 11) is 0. The third kappa shape index (κ3) is 3.55. The summed E-state index contributed by atoms with van der Waals surface area (Å²) in [5.74, 6) is -3.35. The van der Waals surface area contributed by atoms with Crippen LogP contribution >= 0.6 is 0 Å². The van der Waals surface area contributed by atoms with E-state index in [0.717, 1.165) is 16.5 Å². The molecule has 31 heavy (non-hydrogen) atoms. The minimum absolute atomic E-state index is 0.213. The summed E-state index contributed by atoms with van der Waals surface area (Å²) in [6, 6.07) is 15.1. The molecular weight excluding hydrogens is 398 g/mol. The maximum Gasteiger partial charge on any atom is 0.342 e. The van der Waals surface area contributed by atoms with Crippen molar-refractivity contribution in [2.75, 3.05) is 5.73 Å². The lowest BCUT2D eigenvalue weighted by Crippen LogP contribution is -2.24. The summed E-state index contributed by atoms with van der Waals surface area (Å²) in [6.07, 6.45) is 1.90. The Morgan fingerprint density at radius 3 is 2.32 bits per heavy atom. The molecule has 0 unspecified atom stereocenters. The Labute approximate surface area is 176 Å². The van der Waals surface area contributed by atoms with Crippen LogP contribution in [-0.4, -0.2) is 31.7 Å². The summed E-state index contributed by atoms with van der Waals surface area (Å²) in [4.78, 5) is 37.9. The zero-order chi connectivity index (χ0) is 22.3. The van der Waals surface area contributed by atoms with Crippen molar-refractivity contribution in [1.82, 2.24) is 9.55 Å². The van der Waals surface area contributed by atoms with E-state index in [1.165, 1.54) is 5.56 Å². The molecule has 2 aromatic carbocycles. The van der Waals surface area contributed by atoms with Gasteiger partial charge in [0, 0.05) is 29.2 Å². The van der Waals surface area contributed by atoms with Crippen LogP contribution in [0.5, 0.6) is 0 Å². The average Bonchev–Trinajstić information content (AvgIpc) is 3.10. The van der Waals surface area contributed by atoms with Crippen LogP contribution in [0.2, 0.25) is 0 Å². The standard InChI is InChI=1S/C23H19N3O5/c1-12-2-4-13(5-3-12)11-26-9-8-14-10-15(6-7-16(14)26)17-18(22(28)29)20(24)25-21(27)19(17)23(30)31/h2-10H,11H2,1H3,(H,28,29)(H,30,31)(H3,24,25,27). The van der Waals surface area contributed by atoms with Crippen LogP contribution in [0.3, 0.4) is 0 Å². The largest absolute Gasteiger partial charge is 0.478 e. The number of aromatic amines is 1. The van der Waals surface area contributed by atoms with Gasteiger partial charge in [0.05, 0.1) is 0 Å². The number of hydrogen-bond donors (Lipinski definition) is 4. The van der Waals surface area contributed by atoms with Gasteiger partial charge in [0.15, 0.2) is 0 Å². The van der Waals surface area contributed by atoms with Crippen LogP contribution in [0.1, 0.15) is 31.8 Å². The molecule has 0 saturated carbocycles. The quantitative estimate of drug-likeness (QED) is 0.393. The molecule has 0 fully saturated rings. The Balaban J connectivity index is 1.87. The van der Waals surface area contributed by atoms with Gasteiger partial charge in [0.25, 0.3) is 5.56 Å². The predicted octanol–water partition coefficient (Wildman–Crippen LogP) is 3.33. The second-order valence-electron chi connectivity index (χ2n) is 7.31. The fraction of sp³-hybridized carbons (Fsp3) is 0.0870. The highest BCUT2D eigenvalue weighted by Gasteiger charge is 2.26. The second kappa shape index (κ2) is 7.49. The Morgan fingerprint density at radius 1 is 1.00 bits per heavy atom. The van der Waals surface area contributed by atoms with Crippen LogP contribution in [-0.2, 0) is 6.54 Å². The molecule has 8 nitrogen and oxygen atoms in total. The third-order valence-electron chi connectivity index (χ3n) is 5.21. The molecule has 5 N–H and O–H groups in total. The highest BCUT2D eigenvalue weighted by molar-refractivity contribution is 6.08. The van der Waals surface area contributed by atoms with E-state index < -0.39 is 34.4 Å². The van der Waals surface area contributed by atoms with Crippen molar-refractivity contribution in [2.45, 2.75) is 13.5 Å². The molecule has 2 heterocycles. The normalized spacial score (nSPS) is 11.0. The fourth-order valence-corrected chi connectivity index (χ4v) is 3.72. The van der Waals surface area contributed by atoms with E-state index in [2.05, 4.69) is 4.98 Å². The van der Waals surface area contributed by atoms with Gasteiger partial charge in [-0.15, -0.1) is 0 Å². The van der Waals surface area contributed by atoms with Crippen LogP contribution < -0.4 is 11.3 Å². The highest BCUT2D eigenvalue weighted by Crippen LogP contribution is 2.32. The maximum absolute atomic E-state index is 12.2. The van der Waals surface area contributed by atoms with Crippen LogP contribution in [0.4, 0.5) is 5.82 Å². The second-order valence-corrected chi connectivity index (χ2v) is 7.31. The topological polar surface area (TPSA) is 138 Å². The highest BCUT2D eigenvalue weighted by atomic mass is 16.4. The lowest BCUT2D eigenvalue weighted by atomic mass is 9.94. The van der Waals surface area contributed by atoms with Gasteiger partial charge in [-0.2, -0.15) is 0 Å². The number of rotatable bonds is 5. The van der Waals surface area contributed by atoms with E-state index in [4.69, 9.17) is 5.73 Å². The first-order chi connectivity index (χ1) is 14.8. The minimum Gasteiger partial charge on any atom is -0.478 e. The molecule has 0 aliphatic rings. The number of aromatic carboxylic acids is 2. The van der Waals surface area contributed by atoms with E-state index >= 15 is 0 Å². The first kappa shape index (κ1) is 20.0. The number of aromatic nitrogens is 2. The van der Waals surface area contributed by atoms with E-state index in [1.54, 1.807) is 18.2 Å². The summed E-state index contributed by atoms with van der Waals surface area (Å²) in [6.45, 7) is 2.66. The lowest BCUT2D eigenvalue weighted by Gasteiger charge is -2.13. The van der Waals surface area contributed by atoms with E-state index in [-0.39, 0.29) is 11.1 Å². The summed E-state index contributed by atoms with van der Waals surface area (Å²) < 4.78 is 2.03. The molecule has 0 radical (unpaired) electrons. The van der Waals surface area contributed by atoms with Gasteiger partial charge < -0.3 is 25.5 Å². The van der Waals surface area contributed by atoms with E-state index in [1.807, 2.05) is 48.0 Å². The van der Waals surface area contributed by atoms with Gasteiger partial charge in [-0.3, -0.25) is 4.79 Å². The van der Waals surface area contributed by atoms with Gasteiger partial charge in [0.2, 0.25) is 0 Å². The number of nitrogens with zero attached hydrogens (tertiary/aromatic N) is 1. The maximum atomic E-state index is 12.2. The Hall–Kier alpha value is -4.33. The number of aryl methyl sites for hydroxylation is 1. The zero-order valence-electron chi connectivity index (χ0n) is 16.5. The predicted molar refractivity (Wildman–Crippen MR) is 117 cm³/mol.